The highest BCUT2D eigenvalue weighted by molar-refractivity contribution is 5.82. The Hall–Kier alpha value is -1.84. The van der Waals surface area contributed by atoms with Crippen molar-refractivity contribution in [1.29, 1.82) is 0 Å². The Balaban J connectivity index is 2.71. The number of hydrogen-bond donors (Lipinski definition) is 1. The van der Waals surface area contributed by atoms with Crippen molar-refractivity contribution < 1.29 is 19.4 Å². The summed E-state index contributed by atoms with van der Waals surface area (Å²) in [6, 6.07) is 7.83. The van der Waals surface area contributed by atoms with E-state index in [1.54, 1.807) is 13.8 Å². The number of carboxylic acid groups (broad SMARTS) is 1. The van der Waals surface area contributed by atoms with E-state index in [4.69, 9.17) is 9.84 Å². The molecule has 1 aromatic rings. The average Bonchev–Trinajstić information content (AvgIpc) is 2.43. The van der Waals surface area contributed by atoms with Crippen molar-refractivity contribution >= 4 is 11.9 Å². The van der Waals surface area contributed by atoms with E-state index < -0.39 is 24.0 Å². The molecule has 2 atom stereocenters. The molecular formula is C17H24O4. The van der Waals surface area contributed by atoms with Gasteiger partial charge in [-0.25, -0.2) is 4.79 Å². The summed E-state index contributed by atoms with van der Waals surface area (Å²) >= 11 is 0. The molecule has 21 heavy (non-hydrogen) atoms. The molecule has 0 aliphatic carbocycles. The average molecular weight is 292 g/mol. The first-order valence-electron chi connectivity index (χ1n) is 7.37. The van der Waals surface area contributed by atoms with Gasteiger partial charge in [0.25, 0.3) is 0 Å². The molecule has 1 N–H and O–H groups in total. The molecule has 116 valence electrons. The molecule has 0 fully saturated rings. The van der Waals surface area contributed by atoms with E-state index in [0.29, 0.717) is 5.92 Å². The topological polar surface area (TPSA) is 63.6 Å². The van der Waals surface area contributed by atoms with Crippen molar-refractivity contribution in [3.05, 3.63) is 35.4 Å². The van der Waals surface area contributed by atoms with Crippen LogP contribution in [0.1, 0.15) is 51.2 Å². The third kappa shape index (κ3) is 5.21. The maximum atomic E-state index is 12.0. The van der Waals surface area contributed by atoms with Gasteiger partial charge in [-0.15, -0.1) is 0 Å². The van der Waals surface area contributed by atoms with E-state index in [1.807, 2.05) is 24.3 Å². The normalized spacial score (nSPS) is 13.8. The smallest absolute Gasteiger partial charge is 0.345 e. The number of esters is 1. The van der Waals surface area contributed by atoms with E-state index in [1.165, 1.54) is 5.56 Å². The molecular weight excluding hydrogens is 268 g/mol. The standard InChI is InChI=1S/C17H24O4/c1-5-15(16(18)19)21-17(20)12(4)14-8-6-13(7-9-14)10-11(2)3/h6-9,11-12,15H,5,10H2,1-4H3,(H,18,19)/t12-,15+/m0/s1. The van der Waals surface area contributed by atoms with Crippen LogP contribution in [0.25, 0.3) is 0 Å². The highest BCUT2D eigenvalue weighted by Gasteiger charge is 2.24. The van der Waals surface area contributed by atoms with Crippen molar-refractivity contribution in [2.24, 2.45) is 5.92 Å². The van der Waals surface area contributed by atoms with Crippen molar-refractivity contribution in [2.45, 2.75) is 52.6 Å². The Morgan fingerprint density at radius 1 is 1.14 bits per heavy atom. The van der Waals surface area contributed by atoms with Gasteiger partial charge in [-0.1, -0.05) is 45.0 Å². The van der Waals surface area contributed by atoms with Gasteiger partial charge >= 0.3 is 11.9 Å². The number of carbonyl (C=O) groups is 2. The summed E-state index contributed by atoms with van der Waals surface area (Å²) in [6.07, 6.45) is 0.192. The van der Waals surface area contributed by atoms with E-state index in [0.717, 1.165) is 12.0 Å². The molecule has 0 radical (unpaired) electrons. The van der Waals surface area contributed by atoms with Gasteiger partial charge in [0.15, 0.2) is 6.10 Å². The first-order valence-corrected chi connectivity index (χ1v) is 7.37. The fourth-order valence-corrected chi connectivity index (χ4v) is 2.10. The number of carboxylic acids is 1. The van der Waals surface area contributed by atoms with Gasteiger partial charge in [0.2, 0.25) is 0 Å². The van der Waals surface area contributed by atoms with Crippen LogP contribution < -0.4 is 0 Å². The van der Waals surface area contributed by atoms with Crippen molar-refractivity contribution in [3.8, 4) is 0 Å². The van der Waals surface area contributed by atoms with Gasteiger partial charge in [-0.05, 0) is 36.8 Å². The van der Waals surface area contributed by atoms with Crippen LogP contribution in [-0.2, 0) is 20.7 Å². The Morgan fingerprint density at radius 3 is 2.14 bits per heavy atom. The number of hydrogen-bond acceptors (Lipinski definition) is 3. The van der Waals surface area contributed by atoms with Crippen LogP contribution >= 0.6 is 0 Å². The largest absolute Gasteiger partial charge is 0.479 e. The minimum atomic E-state index is -1.11. The molecule has 0 bridgehead atoms. The summed E-state index contributed by atoms with van der Waals surface area (Å²) in [6.45, 7) is 7.72. The molecule has 0 heterocycles. The van der Waals surface area contributed by atoms with Crippen molar-refractivity contribution in [2.75, 3.05) is 0 Å². The van der Waals surface area contributed by atoms with Crippen LogP contribution in [0.5, 0.6) is 0 Å². The zero-order chi connectivity index (χ0) is 16.0. The van der Waals surface area contributed by atoms with E-state index >= 15 is 0 Å². The van der Waals surface area contributed by atoms with Crippen LogP contribution in [-0.4, -0.2) is 23.1 Å². The lowest BCUT2D eigenvalue weighted by Crippen LogP contribution is -2.28. The molecule has 0 amide bonds. The predicted molar refractivity (Wildman–Crippen MR) is 81.2 cm³/mol. The lowest BCUT2D eigenvalue weighted by atomic mass is 9.97. The van der Waals surface area contributed by atoms with Crippen LogP contribution in [0.3, 0.4) is 0 Å². The molecule has 0 saturated carbocycles. The Bertz CT molecular complexity index is 476. The lowest BCUT2D eigenvalue weighted by Gasteiger charge is -2.16. The van der Waals surface area contributed by atoms with E-state index in [9.17, 15) is 9.59 Å². The second kappa shape index (κ2) is 7.81. The Labute approximate surface area is 126 Å². The summed E-state index contributed by atoms with van der Waals surface area (Å²) in [7, 11) is 0. The second-order valence-corrected chi connectivity index (χ2v) is 5.73. The van der Waals surface area contributed by atoms with Gasteiger partial charge in [0, 0.05) is 0 Å². The molecule has 4 nitrogen and oxygen atoms in total. The first kappa shape index (κ1) is 17.2. The third-order valence-electron chi connectivity index (χ3n) is 3.38. The molecule has 0 saturated heterocycles. The number of ether oxygens (including phenoxy) is 1. The lowest BCUT2D eigenvalue weighted by molar-refractivity contribution is -0.165. The molecule has 0 spiro atoms. The van der Waals surface area contributed by atoms with Crippen LogP contribution in [0, 0.1) is 5.92 Å². The summed E-state index contributed by atoms with van der Waals surface area (Å²) < 4.78 is 5.03. The number of aliphatic carboxylic acids is 1. The Kier molecular flexibility index (Phi) is 6.40. The van der Waals surface area contributed by atoms with Crippen molar-refractivity contribution in [3.63, 3.8) is 0 Å². The highest BCUT2D eigenvalue weighted by Crippen LogP contribution is 2.20. The quantitative estimate of drug-likeness (QED) is 0.782. The Morgan fingerprint density at radius 2 is 1.71 bits per heavy atom. The summed E-state index contributed by atoms with van der Waals surface area (Å²) in [4.78, 5) is 22.9. The van der Waals surface area contributed by atoms with Crippen LogP contribution in [0.15, 0.2) is 24.3 Å². The summed E-state index contributed by atoms with van der Waals surface area (Å²) in [5, 5.41) is 8.92. The molecule has 0 aromatic heterocycles. The number of carbonyl (C=O) groups excluding carboxylic acids is 1. The van der Waals surface area contributed by atoms with Gasteiger partial charge in [-0.2, -0.15) is 0 Å². The highest BCUT2D eigenvalue weighted by atomic mass is 16.6. The second-order valence-electron chi connectivity index (χ2n) is 5.73. The predicted octanol–water partition coefficient (Wildman–Crippen LogP) is 3.40. The maximum Gasteiger partial charge on any atom is 0.345 e. The molecule has 0 aliphatic heterocycles. The SMILES string of the molecule is CC[C@@H](OC(=O)[C@@H](C)c1ccc(CC(C)C)cc1)C(=O)O. The van der Waals surface area contributed by atoms with Crippen LogP contribution in [0.4, 0.5) is 0 Å². The molecule has 0 aliphatic rings. The number of rotatable bonds is 7. The van der Waals surface area contributed by atoms with Crippen LogP contribution in [0.2, 0.25) is 0 Å². The summed E-state index contributed by atoms with van der Waals surface area (Å²) in [5.41, 5.74) is 2.07. The monoisotopic (exact) mass is 292 g/mol. The number of benzene rings is 1. The zero-order valence-corrected chi connectivity index (χ0v) is 13.1. The summed E-state index contributed by atoms with van der Waals surface area (Å²) in [5.74, 6) is -1.49. The minimum Gasteiger partial charge on any atom is -0.479 e. The molecule has 1 rings (SSSR count). The van der Waals surface area contributed by atoms with Gasteiger partial charge in [-0.3, -0.25) is 4.79 Å². The first-order chi connectivity index (χ1) is 9.85. The fourth-order valence-electron chi connectivity index (χ4n) is 2.10. The van der Waals surface area contributed by atoms with E-state index in [2.05, 4.69) is 13.8 Å². The molecule has 0 unspecified atom stereocenters. The van der Waals surface area contributed by atoms with Gasteiger partial charge in [0.1, 0.15) is 0 Å². The minimum absolute atomic E-state index is 0.265. The maximum absolute atomic E-state index is 12.0. The third-order valence-corrected chi connectivity index (χ3v) is 3.38. The van der Waals surface area contributed by atoms with E-state index in [-0.39, 0.29) is 6.42 Å². The molecule has 1 aromatic carbocycles. The molecule has 4 heteroatoms. The fraction of sp³-hybridized carbons (Fsp3) is 0.529. The van der Waals surface area contributed by atoms with Gasteiger partial charge in [0.05, 0.1) is 5.92 Å². The van der Waals surface area contributed by atoms with Gasteiger partial charge < -0.3 is 9.84 Å². The zero-order valence-electron chi connectivity index (χ0n) is 13.1. The van der Waals surface area contributed by atoms with Crippen molar-refractivity contribution in [1.82, 2.24) is 0 Å².